The van der Waals surface area contributed by atoms with Crippen molar-refractivity contribution in [3.8, 4) is 17.3 Å². The first-order valence-corrected chi connectivity index (χ1v) is 5.94. The van der Waals surface area contributed by atoms with E-state index in [1.54, 1.807) is 11.3 Å². The smallest absolute Gasteiger partial charge is 0.223 e. The Morgan fingerprint density at radius 3 is 2.88 bits per heavy atom. The zero-order valence-electron chi connectivity index (χ0n) is 8.36. The normalized spacial score (nSPS) is 10.6. The van der Waals surface area contributed by atoms with E-state index in [1.165, 1.54) is 17.3 Å². The van der Waals surface area contributed by atoms with Crippen molar-refractivity contribution in [3.63, 3.8) is 0 Å². The molecule has 6 nitrogen and oxygen atoms in total. The minimum absolute atomic E-state index is 0.131. The number of aromatic nitrogens is 6. The Bertz CT molecular complexity index is 568. The summed E-state index contributed by atoms with van der Waals surface area (Å²) in [5.41, 5.74) is 0.903. The third-order valence-corrected chi connectivity index (χ3v) is 2.85. The van der Waals surface area contributed by atoms with E-state index in [0.717, 1.165) is 5.56 Å². The molecule has 84 valence electrons. The first kappa shape index (κ1) is 10.3. The molecule has 0 aliphatic rings. The molecular formula is C9H5ClN6S. The number of halogens is 1. The lowest BCUT2D eigenvalue weighted by atomic mass is 10.3. The molecule has 0 spiro atoms. The van der Waals surface area contributed by atoms with Crippen LogP contribution in [0.25, 0.3) is 17.3 Å². The number of rotatable bonds is 2. The highest BCUT2D eigenvalue weighted by atomic mass is 35.5. The van der Waals surface area contributed by atoms with Gasteiger partial charge >= 0.3 is 0 Å². The van der Waals surface area contributed by atoms with Gasteiger partial charge in [-0.3, -0.25) is 0 Å². The van der Waals surface area contributed by atoms with Gasteiger partial charge in [0.05, 0.1) is 0 Å². The first-order valence-electron chi connectivity index (χ1n) is 4.62. The molecule has 0 N–H and O–H groups in total. The molecule has 0 radical (unpaired) electrons. The maximum atomic E-state index is 5.86. The molecule has 0 amide bonds. The molecule has 0 aliphatic carbocycles. The van der Waals surface area contributed by atoms with Crippen molar-refractivity contribution >= 4 is 22.9 Å². The monoisotopic (exact) mass is 264 g/mol. The van der Waals surface area contributed by atoms with E-state index in [2.05, 4.69) is 25.0 Å². The van der Waals surface area contributed by atoms with E-state index in [0.29, 0.717) is 11.8 Å². The van der Waals surface area contributed by atoms with E-state index >= 15 is 0 Å². The van der Waals surface area contributed by atoms with Gasteiger partial charge in [0.25, 0.3) is 5.95 Å². The summed E-state index contributed by atoms with van der Waals surface area (Å²) in [7, 11) is 0. The van der Waals surface area contributed by atoms with Gasteiger partial charge in [-0.05, 0) is 23.0 Å². The quantitative estimate of drug-likeness (QED) is 0.706. The van der Waals surface area contributed by atoms with Gasteiger partial charge in [0.1, 0.15) is 12.7 Å². The van der Waals surface area contributed by atoms with Crippen LogP contribution in [0.15, 0.2) is 29.5 Å². The molecule has 0 aromatic carbocycles. The van der Waals surface area contributed by atoms with Crippen LogP contribution in [-0.2, 0) is 0 Å². The molecule has 3 rings (SSSR count). The van der Waals surface area contributed by atoms with E-state index < -0.39 is 0 Å². The molecule has 0 aliphatic heterocycles. The fourth-order valence-corrected chi connectivity index (χ4v) is 2.06. The lowest BCUT2D eigenvalue weighted by Crippen LogP contribution is -2.04. The summed E-state index contributed by atoms with van der Waals surface area (Å²) in [6, 6.07) is 1.92. The zero-order chi connectivity index (χ0) is 11.7. The number of thiophene rings is 1. The second-order valence-corrected chi connectivity index (χ2v) is 4.20. The van der Waals surface area contributed by atoms with Crippen molar-refractivity contribution < 1.29 is 0 Å². The summed E-state index contributed by atoms with van der Waals surface area (Å²) in [6.07, 6.45) is 2.91. The number of nitrogens with zero attached hydrogens (tertiary/aromatic N) is 6. The van der Waals surface area contributed by atoms with Crippen LogP contribution in [0.2, 0.25) is 5.28 Å². The topological polar surface area (TPSA) is 69.4 Å². The van der Waals surface area contributed by atoms with Crippen LogP contribution in [0.1, 0.15) is 0 Å². The van der Waals surface area contributed by atoms with Crippen LogP contribution in [0.3, 0.4) is 0 Å². The Kier molecular flexibility index (Phi) is 2.54. The predicted molar refractivity (Wildman–Crippen MR) is 63.1 cm³/mol. The molecular weight excluding hydrogens is 260 g/mol. The van der Waals surface area contributed by atoms with Crippen LogP contribution >= 0.6 is 22.9 Å². The third kappa shape index (κ3) is 2.02. The Hall–Kier alpha value is -1.86. The average molecular weight is 265 g/mol. The van der Waals surface area contributed by atoms with Gasteiger partial charge in [0.15, 0.2) is 5.82 Å². The van der Waals surface area contributed by atoms with E-state index in [4.69, 9.17) is 11.6 Å². The zero-order valence-corrected chi connectivity index (χ0v) is 9.93. The molecule has 8 heteroatoms. The Balaban J connectivity index is 2.13. The predicted octanol–water partition coefficient (Wildman–Crippen LogP) is 1.83. The summed E-state index contributed by atoms with van der Waals surface area (Å²) in [4.78, 5) is 16.2. The molecule has 3 aromatic heterocycles. The van der Waals surface area contributed by atoms with Gasteiger partial charge in [-0.15, -0.1) is 0 Å². The highest BCUT2D eigenvalue weighted by Crippen LogP contribution is 2.19. The van der Waals surface area contributed by atoms with Crippen molar-refractivity contribution in [1.29, 1.82) is 0 Å². The molecule has 3 heterocycles. The van der Waals surface area contributed by atoms with Gasteiger partial charge < -0.3 is 0 Å². The summed E-state index contributed by atoms with van der Waals surface area (Å²) >= 11 is 7.43. The third-order valence-electron chi connectivity index (χ3n) is 2.00. The molecule has 0 unspecified atom stereocenters. The molecule has 0 bridgehead atoms. The summed E-state index contributed by atoms with van der Waals surface area (Å²) in [5.74, 6) is 0.875. The highest BCUT2D eigenvalue weighted by molar-refractivity contribution is 7.08. The Labute approximate surface area is 105 Å². The standard InChI is InChI=1S/C9H5ClN6S/c10-8-13-7(6-1-2-17-3-6)14-9(15-8)16-5-11-4-12-16/h1-5H. The van der Waals surface area contributed by atoms with Crippen molar-refractivity contribution in [1.82, 2.24) is 29.7 Å². The maximum absolute atomic E-state index is 5.86. The average Bonchev–Trinajstić information content (AvgIpc) is 3.02. The van der Waals surface area contributed by atoms with Crippen LogP contribution in [-0.4, -0.2) is 29.7 Å². The van der Waals surface area contributed by atoms with E-state index in [9.17, 15) is 0 Å². The van der Waals surface area contributed by atoms with Crippen molar-refractivity contribution in [2.24, 2.45) is 0 Å². The number of hydrogen-bond acceptors (Lipinski definition) is 6. The van der Waals surface area contributed by atoms with Crippen LogP contribution in [0.4, 0.5) is 0 Å². The maximum Gasteiger partial charge on any atom is 0.256 e. The van der Waals surface area contributed by atoms with Gasteiger partial charge in [0.2, 0.25) is 5.28 Å². The van der Waals surface area contributed by atoms with Gasteiger partial charge in [-0.25, -0.2) is 4.98 Å². The lowest BCUT2D eigenvalue weighted by molar-refractivity contribution is 0.796. The largest absolute Gasteiger partial charge is 0.256 e. The summed E-state index contributed by atoms with van der Waals surface area (Å²) in [5, 5.41) is 7.97. The second kappa shape index (κ2) is 4.19. The summed E-state index contributed by atoms with van der Waals surface area (Å²) < 4.78 is 1.43. The first-order chi connectivity index (χ1) is 8.33. The Morgan fingerprint density at radius 2 is 2.18 bits per heavy atom. The Morgan fingerprint density at radius 1 is 1.24 bits per heavy atom. The molecule has 0 saturated carbocycles. The van der Waals surface area contributed by atoms with Crippen molar-refractivity contribution in [2.45, 2.75) is 0 Å². The minimum atomic E-state index is 0.131. The van der Waals surface area contributed by atoms with Crippen molar-refractivity contribution in [2.75, 3.05) is 0 Å². The van der Waals surface area contributed by atoms with Crippen LogP contribution < -0.4 is 0 Å². The van der Waals surface area contributed by atoms with Gasteiger partial charge in [-0.2, -0.15) is 36.1 Å². The molecule has 0 saturated heterocycles. The fourth-order valence-electron chi connectivity index (χ4n) is 1.27. The lowest BCUT2D eigenvalue weighted by Gasteiger charge is -2.01. The van der Waals surface area contributed by atoms with E-state index in [-0.39, 0.29) is 5.28 Å². The number of hydrogen-bond donors (Lipinski definition) is 0. The molecule has 0 atom stereocenters. The SMILES string of the molecule is Clc1nc(-c2ccsc2)nc(-n2cncn2)n1. The van der Waals surface area contributed by atoms with Crippen LogP contribution in [0, 0.1) is 0 Å². The fraction of sp³-hybridized carbons (Fsp3) is 0. The van der Waals surface area contributed by atoms with Gasteiger partial charge in [0, 0.05) is 10.9 Å². The van der Waals surface area contributed by atoms with E-state index in [1.807, 2.05) is 16.8 Å². The van der Waals surface area contributed by atoms with Gasteiger partial charge in [-0.1, -0.05) is 0 Å². The molecule has 0 fully saturated rings. The second-order valence-electron chi connectivity index (χ2n) is 3.08. The van der Waals surface area contributed by atoms with Crippen LogP contribution in [0.5, 0.6) is 0 Å². The minimum Gasteiger partial charge on any atom is -0.223 e. The van der Waals surface area contributed by atoms with Crippen molar-refractivity contribution in [3.05, 3.63) is 34.8 Å². The molecule has 17 heavy (non-hydrogen) atoms. The highest BCUT2D eigenvalue weighted by Gasteiger charge is 2.09. The summed E-state index contributed by atoms with van der Waals surface area (Å²) in [6.45, 7) is 0. The molecule has 3 aromatic rings.